The third-order valence-corrected chi connectivity index (χ3v) is 3.74. The molecule has 0 aromatic heterocycles. The molecular weight excluding hydrogens is 286 g/mol. The van der Waals surface area contributed by atoms with E-state index in [9.17, 15) is 4.79 Å². The van der Waals surface area contributed by atoms with Crippen LogP contribution in [0.3, 0.4) is 0 Å². The van der Waals surface area contributed by atoms with Crippen molar-refractivity contribution in [2.45, 2.75) is 0 Å². The van der Waals surface area contributed by atoms with Crippen molar-refractivity contribution < 1.29 is 9.53 Å². The summed E-state index contributed by atoms with van der Waals surface area (Å²) in [5.41, 5.74) is 2.14. The molecule has 0 spiro atoms. The molecule has 0 bridgehead atoms. The highest BCUT2D eigenvalue weighted by Gasteiger charge is 2.11. The molecule has 0 amide bonds. The summed E-state index contributed by atoms with van der Waals surface area (Å²) >= 11 is 0. The fraction of sp³-hybridized carbons (Fsp3) is 0.0500. The van der Waals surface area contributed by atoms with Gasteiger partial charge in [-0.3, -0.25) is 0 Å². The van der Waals surface area contributed by atoms with Crippen molar-refractivity contribution in [2.75, 3.05) is 11.9 Å². The zero-order valence-electron chi connectivity index (χ0n) is 12.9. The molecule has 3 heteroatoms. The summed E-state index contributed by atoms with van der Waals surface area (Å²) in [4.78, 5) is 13.6. The number of esters is 1. The number of fused-ring (bicyclic) bond motifs is 1. The van der Waals surface area contributed by atoms with E-state index in [1.165, 1.54) is 6.08 Å². The molecule has 3 aromatic rings. The predicted molar refractivity (Wildman–Crippen MR) is 94.3 cm³/mol. The van der Waals surface area contributed by atoms with Crippen molar-refractivity contribution in [3.05, 3.63) is 79.4 Å². The molecule has 0 radical (unpaired) electrons. The van der Waals surface area contributed by atoms with E-state index in [1.807, 2.05) is 49.5 Å². The highest BCUT2D eigenvalue weighted by Crippen LogP contribution is 2.35. The lowest BCUT2D eigenvalue weighted by Gasteiger charge is -2.21. The van der Waals surface area contributed by atoms with Gasteiger partial charge in [-0.25, -0.2) is 4.79 Å². The first kappa shape index (κ1) is 14.9. The topological polar surface area (TPSA) is 29.5 Å². The van der Waals surface area contributed by atoms with Gasteiger partial charge in [-0.2, -0.15) is 0 Å². The summed E-state index contributed by atoms with van der Waals surface area (Å²) in [7, 11) is 2.02. The van der Waals surface area contributed by atoms with Gasteiger partial charge in [0.05, 0.1) is 0 Å². The number of hydrogen-bond acceptors (Lipinski definition) is 3. The second-order valence-electron chi connectivity index (χ2n) is 5.15. The number of rotatable bonds is 4. The van der Waals surface area contributed by atoms with Gasteiger partial charge in [-0.05, 0) is 24.3 Å². The third kappa shape index (κ3) is 2.94. The van der Waals surface area contributed by atoms with Crippen LogP contribution in [0.2, 0.25) is 0 Å². The van der Waals surface area contributed by atoms with E-state index in [4.69, 9.17) is 4.74 Å². The summed E-state index contributed by atoms with van der Waals surface area (Å²) in [5, 5.41) is 1.91. The van der Waals surface area contributed by atoms with Crippen molar-refractivity contribution >= 4 is 28.1 Å². The lowest BCUT2D eigenvalue weighted by Crippen LogP contribution is -2.10. The Bertz CT molecular complexity index is 856. The number of carbonyl (C=O) groups is 1. The van der Waals surface area contributed by atoms with E-state index in [-0.39, 0.29) is 0 Å². The minimum Gasteiger partial charge on any atom is -0.423 e. The lowest BCUT2D eigenvalue weighted by molar-refractivity contribution is -0.128. The second-order valence-corrected chi connectivity index (χ2v) is 5.15. The average molecular weight is 303 g/mol. The Morgan fingerprint density at radius 1 is 0.957 bits per heavy atom. The first-order chi connectivity index (χ1) is 11.2. The van der Waals surface area contributed by atoms with Gasteiger partial charge in [0.15, 0.2) is 0 Å². The molecule has 0 heterocycles. The maximum Gasteiger partial charge on any atom is 0.335 e. The molecule has 0 aliphatic carbocycles. The fourth-order valence-electron chi connectivity index (χ4n) is 2.59. The summed E-state index contributed by atoms with van der Waals surface area (Å²) in [6.45, 7) is 3.44. The lowest BCUT2D eigenvalue weighted by atomic mass is 10.1. The molecule has 3 rings (SSSR count). The highest BCUT2D eigenvalue weighted by molar-refractivity contribution is 6.00. The minimum atomic E-state index is -0.459. The van der Waals surface area contributed by atoms with Crippen LogP contribution in [0.25, 0.3) is 10.8 Å². The van der Waals surface area contributed by atoms with Gasteiger partial charge in [-0.1, -0.05) is 49.0 Å². The van der Waals surface area contributed by atoms with E-state index >= 15 is 0 Å². The number of benzene rings is 3. The van der Waals surface area contributed by atoms with Crippen LogP contribution >= 0.6 is 0 Å². The van der Waals surface area contributed by atoms with Crippen molar-refractivity contribution in [1.29, 1.82) is 0 Å². The average Bonchev–Trinajstić information content (AvgIpc) is 2.61. The highest BCUT2D eigenvalue weighted by atomic mass is 16.5. The third-order valence-electron chi connectivity index (χ3n) is 3.74. The van der Waals surface area contributed by atoms with E-state index in [0.29, 0.717) is 5.75 Å². The number of para-hydroxylation sites is 1. The Morgan fingerprint density at radius 2 is 1.65 bits per heavy atom. The quantitative estimate of drug-likeness (QED) is 0.397. The van der Waals surface area contributed by atoms with Crippen LogP contribution in [0.1, 0.15) is 0 Å². The number of nitrogens with zero attached hydrogens (tertiary/aromatic N) is 1. The molecule has 0 fully saturated rings. The molecule has 114 valence electrons. The molecule has 0 unspecified atom stereocenters. The number of ether oxygens (including phenoxy) is 1. The van der Waals surface area contributed by atoms with Crippen LogP contribution in [-0.2, 0) is 4.79 Å². The molecule has 0 aliphatic heterocycles. The van der Waals surface area contributed by atoms with Crippen LogP contribution < -0.4 is 9.64 Å². The van der Waals surface area contributed by atoms with E-state index in [1.54, 1.807) is 6.07 Å². The Balaban J connectivity index is 2.11. The van der Waals surface area contributed by atoms with Crippen LogP contribution in [0.5, 0.6) is 5.75 Å². The molecule has 0 atom stereocenters. The molecule has 0 saturated carbocycles. The van der Waals surface area contributed by atoms with Crippen LogP contribution in [0.15, 0.2) is 79.4 Å². The normalized spacial score (nSPS) is 10.3. The number of hydrogen-bond donors (Lipinski definition) is 0. The Kier molecular flexibility index (Phi) is 4.11. The molecule has 0 N–H and O–H groups in total. The van der Waals surface area contributed by atoms with Crippen molar-refractivity contribution in [3.63, 3.8) is 0 Å². The van der Waals surface area contributed by atoms with Crippen molar-refractivity contribution in [2.24, 2.45) is 0 Å². The van der Waals surface area contributed by atoms with Gasteiger partial charge in [0.1, 0.15) is 5.75 Å². The molecular formula is C20H17NO2. The molecule has 23 heavy (non-hydrogen) atoms. The Labute approximate surface area is 135 Å². The van der Waals surface area contributed by atoms with Crippen LogP contribution in [0, 0.1) is 0 Å². The maximum atomic E-state index is 11.5. The zero-order chi connectivity index (χ0) is 16.2. The van der Waals surface area contributed by atoms with Gasteiger partial charge in [0, 0.05) is 35.3 Å². The Morgan fingerprint density at radius 3 is 2.39 bits per heavy atom. The summed E-state index contributed by atoms with van der Waals surface area (Å²) in [5.74, 6) is 0.0787. The van der Waals surface area contributed by atoms with Crippen LogP contribution in [0.4, 0.5) is 11.4 Å². The molecule has 3 nitrogen and oxygen atoms in total. The predicted octanol–water partition coefficient (Wildman–Crippen LogP) is 4.70. The maximum absolute atomic E-state index is 11.5. The zero-order valence-corrected chi connectivity index (χ0v) is 12.9. The molecule has 3 aromatic carbocycles. The smallest absolute Gasteiger partial charge is 0.335 e. The van der Waals surface area contributed by atoms with Crippen molar-refractivity contribution in [3.8, 4) is 5.75 Å². The summed E-state index contributed by atoms with van der Waals surface area (Å²) in [6.07, 6.45) is 1.17. The first-order valence-corrected chi connectivity index (χ1v) is 7.35. The van der Waals surface area contributed by atoms with Gasteiger partial charge in [-0.15, -0.1) is 0 Å². The van der Waals surface area contributed by atoms with Gasteiger partial charge in [0.25, 0.3) is 0 Å². The monoisotopic (exact) mass is 303 g/mol. The van der Waals surface area contributed by atoms with E-state index in [0.717, 1.165) is 22.1 Å². The van der Waals surface area contributed by atoms with E-state index < -0.39 is 5.97 Å². The Hall–Kier alpha value is -3.07. The standard InChI is InChI=1S/C20H17NO2/c1-3-20(22)23-19-14-8-11-16-17(19)12-7-13-18(16)21(2)15-9-5-4-6-10-15/h3-14H,1H2,2H3. The van der Waals surface area contributed by atoms with Gasteiger partial charge in [0.2, 0.25) is 0 Å². The largest absolute Gasteiger partial charge is 0.423 e. The van der Waals surface area contributed by atoms with E-state index in [2.05, 4.69) is 29.7 Å². The fourth-order valence-corrected chi connectivity index (χ4v) is 2.59. The summed E-state index contributed by atoms with van der Waals surface area (Å²) < 4.78 is 5.34. The number of carbonyl (C=O) groups excluding carboxylic acids is 1. The number of anilines is 2. The van der Waals surface area contributed by atoms with Crippen LogP contribution in [-0.4, -0.2) is 13.0 Å². The van der Waals surface area contributed by atoms with Gasteiger partial charge >= 0.3 is 5.97 Å². The SMILES string of the molecule is C=CC(=O)Oc1cccc2c(N(C)c3ccccc3)cccc12. The minimum absolute atomic E-state index is 0.459. The van der Waals surface area contributed by atoms with Gasteiger partial charge < -0.3 is 9.64 Å². The molecule has 0 aliphatic rings. The molecule has 0 saturated heterocycles. The summed E-state index contributed by atoms with van der Waals surface area (Å²) in [6, 6.07) is 21.8. The second kappa shape index (κ2) is 6.36. The first-order valence-electron chi connectivity index (χ1n) is 7.35. The van der Waals surface area contributed by atoms with Crippen molar-refractivity contribution in [1.82, 2.24) is 0 Å².